The van der Waals surface area contributed by atoms with Crippen LogP contribution in [0.5, 0.6) is 0 Å². The molecule has 0 aliphatic heterocycles. The molecule has 4 rings (SSSR count). The van der Waals surface area contributed by atoms with E-state index in [1.165, 1.54) is 12.1 Å². The predicted molar refractivity (Wildman–Crippen MR) is 97.7 cm³/mol. The molecular formula is C20H5ClN6. The summed E-state index contributed by atoms with van der Waals surface area (Å²) >= 11 is 6.35. The molecule has 122 valence electrons. The van der Waals surface area contributed by atoms with Gasteiger partial charge in [-0.05, 0) is 18.2 Å². The molecule has 0 bridgehead atoms. The lowest BCUT2D eigenvalue weighted by atomic mass is 10.0. The van der Waals surface area contributed by atoms with Gasteiger partial charge in [-0.2, -0.15) is 10.5 Å². The Morgan fingerprint density at radius 1 is 1.00 bits per heavy atom. The minimum atomic E-state index is -0.133. The molecule has 1 aliphatic carbocycles. The first-order chi connectivity index (χ1) is 13.1. The number of hydrogen-bond acceptors (Lipinski definition) is 5. The molecule has 3 aromatic rings. The molecule has 1 heterocycles. The van der Waals surface area contributed by atoms with Crippen LogP contribution in [0.4, 0.5) is 0 Å². The molecule has 0 saturated heterocycles. The van der Waals surface area contributed by atoms with Crippen LogP contribution in [0.15, 0.2) is 36.0 Å². The lowest BCUT2D eigenvalue weighted by molar-refractivity contribution is 1.27. The summed E-state index contributed by atoms with van der Waals surface area (Å²) in [5.74, 6) is 0. The molecule has 0 atom stereocenters. The lowest BCUT2D eigenvalue weighted by Crippen LogP contribution is -1.96. The third kappa shape index (κ3) is 2.23. The van der Waals surface area contributed by atoms with Crippen LogP contribution in [-0.2, 0) is 0 Å². The largest absolute Gasteiger partial charge is 0.271 e. The maximum atomic E-state index is 9.40. The second-order valence-electron chi connectivity index (χ2n) is 5.64. The minimum absolute atomic E-state index is 0.133. The van der Waals surface area contributed by atoms with Gasteiger partial charge in [0.2, 0.25) is 0 Å². The molecule has 0 N–H and O–H groups in total. The van der Waals surface area contributed by atoms with E-state index < -0.39 is 0 Å². The van der Waals surface area contributed by atoms with Crippen molar-refractivity contribution in [2.24, 2.45) is 0 Å². The van der Waals surface area contributed by atoms with Crippen molar-refractivity contribution in [1.82, 2.24) is 9.97 Å². The summed E-state index contributed by atoms with van der Waals surface area (Å²) in [6.45, 7) is 7.33. The van der Waals surface area contributed by atoms with Crippen LogP contribution in [0.25, 0.3) is 32.7 Å². The summed E-state index contributed by atoms with van der Waals surface area (Å²) in [6.07, 6.45) is 0. The van der Waals surface area contributed by atoms with Gasteiger partial charge in [0.05, 0.1) is 46.2 Å². The number of aromatic nitrogens is 2. The van der Waals surface area contributed by atoms with Gasteiger partial charge >= 0.3 is 0 Å². The molecular weight excluding hydrogens is 360 g/mol. The molecule has 2 aromatic carbocycles. The fourth-order valence-electron chi connectivity index (χ4n) is 3.11. The van der Waals surface area contributed by atoms with Gasteiger partial charge in [0, 0.05) is 21.7 Å². The standard InChI is InChI=1S/C20H5ClN6/c1-25-16(9-24)18-17-12(3-2-4-13(17)21)19-20(18)27-15-6-11(8-23)10(7-22)5-14(15)26-19/h2-6H/b18-16+. The highest BCUT2D eigenvalue weighted by molar-refractivity contribution is 6.34. The van der Waals surface area contributed by atoms with E-state index in [0.717, 1.165) is 0 Å². The van der Waals surface area contributed by atoms with Crippen LogP contribution in [0, 0.1) is 40.6 Å². The highest BCUT2D eigenvalue weighted by Crippen LogP contribution is 2.47. The first-order valence-corrected chi connectivity index (χ1v) is 7.98. The number of allylic oxidation sites excluding steroid dienone is 1. The van der Waals surface area contributed by atoms with E-state index in [1.54, 1.807) is 18.2 Å². The second-order valence-corrected chi connectivity index (χ2v) is 6.05. The Hall–Kier alpha value is -4.23. The van der Waals surface area contributed by atoms with Crippen molar-refractivity contribution in [1.29, 1.82) is 15.8 Å². The molecule has 0 saturated carbocycles. The molecule has 0 fully saturated rings. The molecule has 0 spiro atoms. The Balaban J connectivity index is 2.18. The molecule has 1 aliphatic rings. The monoisotopic (exact) mass is 364 g/mol. The number of fused-ring (bicyclic) bond motifs is 4. The van der Waals surface area contributed by atoms with Crippen LogP contribution >= 0.6 is 11.6 Å². The summed E-state index contributed by atoms with van der Waals surface area (Å²) in [5, 5.41) is 28.3. The van der Waals surface area contributed by atoms with E-state index in [2.05, 4.69) is 14.8 Å². The Kier molecular flexibility index (Phi) is 3.57. The topological polar surface area (TPSA) is 102 Å². The highest BCUT2D eigenvalue weighted by Gasteiger charge is 2.31. The normalized spacial score (nSPS) is 12.9. The summed E-state index contributed by atoms with van der Waals surface area (Å²) < 4.78 is 0. The quantitative estimate of drug-likeness (QED) is 0.343. The van der Waals surface area contributed by atoms with Gasteiger partial charge in [0.25, 0.3) is 5.70 Å². The molecule has 1 aromatic heterocycles. The van der Waals surface area contributed by atoms with E-state index in [1.807, 2.05) is 18.2 Å². The van der Waals surface area contributed by atoms with E-state index in [4.69, 9.17) is 18.2 Å². The van der Waals surface area contributed by atoms with Crippen molar-refractivity contribution in [3.63, 3.8) is 0 Å². The highest BCUT2D eigenvalue weighted by atomic mass is 35.5. The van der Waals surface area contributed by atoms with Crippen molar-refractivity contribution in [2.75, 3.05) is 0 Å². The third-order valence-electron chi connectivity index (χ3n) is 4.25. The smallest absolute Gasteiger partial charge is 0.245 e. The maximum absolute atomic E-state index is 9.40. The van der Waals surface area contributed by atoms with E-state index in [9.17, 15) is 15.8 Å². The van der Waals surface area contributed by atoms with Gasteiger partial charge < -0.3 is 0 Å². The second kappa shape index (κ2) is 5.94. The fraction of sp³-hybridized carbons (Fsp3) is 0. The third-order valence-corrected chi connectivity index (χ3v) is 4.57. The van der Waals surface area contributed by atoms with Crippen LogP contribution in [0.3, 0.4) is 0 Å². The van der Waals surface area contributed by atoms with Gasteiger partial charge in [-0.1, -0.05) is 23.7 Å². The first kappa shape index (κ1) is 16.2. The number of nitrogens with zero attached hydrogens (tertiary/aromatic N) is 6. The zero-order valence-electron chi connectivity index (χ0n) is 13.4. The van der Waals surface area contributed by atoms with E-state index in [0.29, 0.717) is 44.1 Å². The molecule has 27 heavy (non-hydrogen) atoms. The SMILES string of the molecule is [C-]#[N+]/C(C#N)=C1/c2nc3cc(C#N)c(C#N)cc3nc2-c2cccc(Cl)c21. The van der Waals surface area contributed by atoms with Gasteiger partial charge in [-0.15, -0.1) is 0 Å². The first-order valence-electron chi connectivity index (χ1n) is 7.60. The number of hydrogen-bond donors (Lipinski definition) is 0. The maximum Gasteiger partial charge on any atom is 0.271 e. The molecule has 0 amide bonds. The number of halogens is 1. The van der Waals surface area contributed by atoms with Crippen molar-refractivity contribution < 1.29 is 0 Å². The Bertz CT molecular complexity index is 1360. The van der Waals surface area contributed by atoms with Crippen molar-refractivity contribution in [3.8, 4) is 29.5 Å². The molecule has 6 nitrogen and oxygen atoms in total. The Morgan fingerprint density at radius 2 is 1.63 bits per heavy atom. The number of rotatable bonds is 0. The predicted octanol–water partition coefficient (Wildman–Crippen LogP) is 4.21. The van der Waals surface area contributed by atoms with E-state index in [-0.39, 0.29) is 16.8 Å². The summed E-state index contributed by atoms with van der Waals surface area (Å²) in [5.41, 5.74) is 3.49. The fourth-order valence-corrected chi connectivity index (χ4v) is 3.38. The summed E-state index contributed by atoms with van der Waals surface area (Å²) in [7, 11) is 0. The molecule has 7 heteroatoms. The van der Waals surface area contributed by atoms with E-state index >= 15 is 0 Å². The van der Waals surface area contributed by atoms with Gasteiger partial charge in [-0.3, -0.25) is 0 Å². The van der Waals surface area contributed by atoms with Gasteiger partial charge in [0.1, 0.15) is 12.1 Å². The summed E-state index contributed by atoms with van der Waals surface area (Å²) in [6, 6.07) is 14.0. The molecule has 0 unspecified atom stereocenters. The Labute approximate surface area is 158 Å². The zero-order chi connectivity index (χ0) is 19.1. The summed E-state index contributed by atoms with van der Waals surface area (Å²) in [4.78, 5) is 12.5. The van der Waals surface area contributed by atoms with Gasteiger partial charge in [-0.25, -0.2) is 20.1 Å². The van der Waals surface area contributed by atoms with Crippen LogP contribution in [0.1, 0.15) is 22.4 Å². The van der Waals surface area contributed by atoms with Crippen molar-refractivity contribution in [3.05, 3.63) is 74.9 Å². The van der Waals surface area contributed by atoms with Crippen LogP contribution in [0.2, 0.25) is 5.02 Å². The van der Waals surface area contributed by atoms with Gasteiger partial charge in [0.15, 0.2) is 0 Å². The number of nitriles is 3. The minimum Gasteiger partial charge on any atom is -0.245 e. The van der Waals surface area contributed by atoms with Crippen molar-refractivity contribution >= 4 is 28.2 Å². The van der Waals surface area contributed by atoms with Crippen LogP contribution < -0.4 is 0 Å². The average Bonchev–Trinajstić information content (AvgIpc) is 3.01. The van der Waals surface area contributed by atoms with Crippen molar-refractivity contribution in [2.45, 2.75) is 0 Å². The lowest BCUT2D eigenvalue weighted by Gasteiger charge is -2.05. The average molecular weight is 365 g/mol. The molecule has 0 radical (unpaired) electrons. The zero-order valence-corrected chi connectivity index (χ0v) is 14.2. The Morgan fingerprint density at radius 3 is 2.19 bits per heavy atom. The van der Waals surface area contributed by atoms with Crippen LogP contribution in [-0.4, -0.2) is 9.97 Å². The number of benzene rings is 2.